The number of esters is 1. The van der Waals surface area contributed by atoms with Crippen LogP contribution in [0.25, 0.3) is 0 Å². The van der Waals surface area contributed by atoms with Crippen LogP contribution in [0.2, 0.25) is 0 Å². The first kappa shape index (κ1) is 24.2. The highest BCUT2D eigenvalue weighted by molar-refractivity contribution is 8.03. The van der Waals surface area contributed by atoms with Gasteiger partial charge in [0.15, 0.2) is 18.1 Å². The minimum atomic E-state index is -0.687. The summed E-state index contributed by atoms with van der Waals surface area (Å²) in [5.74, 6) is 0.193. The van der Waals surface area contributed by atoms with Crippen LogP contribution in [0.1, 0.15) is 30.6 Å². The van der Waals surface area contributed by atoms with E-state index in [1.807, 2.05) is 30.3 Å². The van der Waals surface area contributed by atoms with Gasteiger partial charge >= 0.3 is 5.97 Å². The van der Waals surface area contributed by atoms with E-state index in [0.29, 0.717) is 29.1 Å². The van der Waals surface area contributed by atoms with Crippen LogP contribution in [-0.2, 0) is 9.53 Å². The smallest absolute Gasteiger partial charge is 0.338 e. The van der Waals surface area contributed by atoms with Crippen LogP contribution in [0.5, 0.6) is 11.5 Å². The van der Waals surface area contributed by atoms with E-state index in [2.05, 4.69) is 13.8 Å². The van der Waals surface area contributed by atoms with Gasteiger partial charge in [-0.05, 0) is 42.7 Å². The molecular weight excluding hydrogens is 440 g/mol. The molecule has 8 heteroatoms. The van der Waals surface area contributed by atoms with Gasteiger partial charge in [0.2, 0.25) is 5.78 Å². The van der Waals surface area contributed by atoms with Crippen molar-refractivity contribution in [3.63, 3.8) is 0 Å². The molecule has 0 aromatic heterocycles. The Morgan fingerprint density at radius 2 is 1.91 bits per heavy atom. The van der Waals surface area contributed by atoms with Crippen molar-refractivity contribution in [1.82, 2.24) is 0 Å². The zero-order valence-electron chi connectivity index (χ0n) is 19.1. The second kappa shape index (κ2) is 10.9. The van der Waals surface area contributed by atoms with Gasteiger partial charge < -0.3 is 19.1 Å². The number of anilines is 1. The van der Waals surface area contributed by atoms with E-state index in [0.717, 1.165) is 17.0 Å². The Hall–Kier alpha value is -3.44. The fourth-order valence-electron chi connectivity index (χ4n) is 3.16. The fourth-order valence-corrected chi connectivity index (χ4v) is 4.32. The van der Waals surface area contributed by atoms with Crippen LogP contribution in [0.4, 0.5) is 5.69 Å². The third kappa shape index (κ3) is 5.68. The first-order valence-corrected chi connectivity index (χ1v) is 11.3. The molecule has 0 fully saturated rings. The van der Waals surface area contributed by atoms with E-state index in [1.165, 1.54) is 24.9 Å². The number of benzene rings is 2. The Labute approximate surface area is 197 Å². The molecule has 33 heavy (non-hydrogen) atoms. The highest BCUT2D eigenvalue weighted by Gasteiger charge is 2.28. The second-order valence-electron chi connectivity index (χ2n) is 7.82. The molecule has 172 valence electrons. The van der Waals surface area contributed by atoms with Gasteiger partial charge in [-0.15, -0.1) is 0 Å². The van der Waals surface area contributed by atoms with Crippen LogP contribution in [0.15, 0.2) is 58.0 Å². The zero-order chi connectivity index (χ0) is 24.0. The number of nitriles is 1. The van der Waals surface area contributed by atoms with Crippen LogP contribution in [0, 0.1) is 17.2 Å². The summed E-state index contributed by atoms with van der Waals surface area (Å²) in [5.41, 5.74) is 1.10. The lowest BCUT2D eigenvalue weighted by molar-refractivity contribution is -0.118. The lowest BCUT2D eigenvalue weighted by Crippen LogP contribution is -2.20. The molecule has 2 aromatic carbocycles. The summed E-state index contributed by atoms with van der Waals surface area (Å²) < 4.78 is 16.3. The molecule has 0 spiro atoms. The summed E-state index contributed by atoms with van der Waals surface area (Å²) in [6.45, 7) is 4.22. The molecule has 0 aliphatic carbocycles. The molecule has 7 nitrogen and oxygen atoms in total. The topological polar surface area (TPSA) is 88.9 Å². The normalized spacial score (nSPS) is 13.9. The van der Waals surface area contributed by atoms with Crippen LogP contribution < -0.4 is 14.4 Å². The largest absolute Gasteiger partial charge is 0.493 e. The molecule has 1 aliphatic rings. The minimum Gasteiger partial charge on any atom is -0.493 e. The molecule has 0 saturated heterocycles. The van der Waals surface area contributed by atoms with Crippen molar-refractivity contribution >= 4 is 29.2 Å². The molecule has 1 aliphatic heterocycles. The molecule has 3 rings (SSSR count). The highest BCUT2D eigenvalue weighted by Crippen LogP contribution is 2.46. The number of ketones is 1. The van der Waals surface area contributed by atoms with E-state index in [9.17, 15) is 14.9 Å². The summed E-state index contributed by atoms with van der Waals surface area (Å²) in [4.78, 5) is 28.0. The Morgan fingerprint density at radius 3 is 2.58 bits per heavy atom. The minimum absolute atomic E-state index is 0.0435. The van der Waals surface area contributed by atoms with Crippen molar-refractivity contribution in [2.45, 2.75) is 25.2 Å². The first-order valence-electron chi connectivity index (χ1n) is 10.5. The Balaban J connectivity index is 1.66. The summed E-state index contributed by atoms with van der Waals surface area (Å²) in [5, 5.41) is 10.1. The quantitative estimate of drug-likeness (QED) is 0.295. The second-order valence-corrected chi connectivity index (χ2v) is 8.85. The SMILES string of the molecule is COc1cc(C(=O)OCC(=O)C(C#N)=C2Sc3ccccc3N2C)ccc1OCCC(C)C. The van der Waals surface area contributed by atoms with Gasteiger partial charge in [0, 0.05) is 11.9 Å². The first-order chi connectivity index (χ1) is 15.8. The number of methoxy groups -OCH3 is 1. The molecule has 0 amide bonds. The van der Waals surface area contributed by atoms with Crippen molar-refractivity contribution in [2.75, 3.05) is 32.3 Å². The average Bonchev–Trinajstić information content (AvgIpc) is 3.14. The van der Waals surface area contributed by atoms with Crippen molar-refractivity contribution in [3.8, 4) is 17.6 Å². The average molecular weight is 467 g/mol. The fraction of sp³-hybridized carbons (Fsp3) is 0.320. The monoisotopic (exact) mass is 466 g/mol. The number of carbonyl (C=O) groups is 2. The number of nitrogens with zero attached hydrogens (tertiary/aromatic N) is 2. The molecule has 0 radical (unpaired) electrons. The van der Waals surface area contributed by atoms with E-state index in [1.54, 1.807) is 24.1 Å². The Bertz CT molecular complexity index is 1120. The molecular formula is C25H26N2O5S. The van der Waals surface area contributed by atoms with Gasteiger partial charge in [0.05, 0.1) is 25.0 Å². The summed E-state index contributed by atoms with van der Waals surface area (Å²) in [6.07, 6.45) is 0.893. The third-order valence-electron chi connectivity index (χ3n) is 5.03. The predicted octanol–water partition coefficient (Wildman–Crippen LogP) is 4.82. The van der Waals surface area contributed by atoms with Gasteiger partial charge in [-0.3, -0.25) is 4.79 Å². The number of rotatable bonds is 9. The number of fused-ring (bicyclic) bond motifs is 1. The summed E-state index contributed by atoms with van der Waals surface area (Å²) in [6, 6.07) is 14.3. The molecule has 0 atom stereocenters. The number of hydrogen-bond acceptors (Lipinski definition) is 8. The summed E-state index contributed by atoms with van der Waals surface area (Å²) >= 11 is 1.34. The maximum Gasteiger partial charge on any atom is 0.338 e. The van der Waals surface area contributed by atoms with E-state index in [-0.39, 0.29) is 11.1 Å². The van der Waals surface area contributed by atoms with Gasteiger partial charge in [-0.1, -0.05) is 37.7 Å². The van der Waals surface area contributed by atoms with Gasteiger partial charge in [0.25, 0.3) is 0 Å². The molecule has 0 bridgehead atoms. The van der Waals surface area contributed by atoms with Gasteiger partial charge in [0.1, 0.15) is 16.7 Å². The van der Waals surface area contributed by atoms with E-state index < -0.39 is 18.4 Å². The molecule has 0 saturated carbocycles. The lowest BCUT2D eigenvalue weighted by atomic mass is 10.1. The summed E-state index contributed by atoms with van der Waals surface area (Å²) in [7, 11) is 3.28. The van der Waals surface area contributed by atoms with E-state index in [4.69, 9.17) is 14.2 Å². The predicted molar refractivity (Wildman–Crippen MR) is 127 cm³/mol. The number of para-hydroxylation sites is 1. The van der Waals surface area contributed by atoms with Gasteiger partial charge in [-0.2, -0.15) is 5.26 Å². The zero-order valence-corrected chi connectivity index (χ0v) is 19.9. The Kier molecular flexibility index (Phi) is 8.01. The number of hydrogen-bond donors (Lipinski definition) is 0. The third-order valence-corrected chi connectivity index (χ3v) is 6.27. The number of carbonyl (C=O) groups excluding carboxylic acids is 2. The number of Topliss-reactive ketones (excluding diaryl/α,β-unsaturated/α-hetero) is 1. The standard InChI is InChI=1S/C25H26N2O5S/c1-16(2)11-12-31-21-10-9-17(13-22(21)30-4)25(29)32-15-20(28)18(14-26)24-27(3)19-7-5-6-8-23(19)33-24/h5-10,13,16H,11-12,15H2,1-4H3. The van der Waals surface area contributed by atoms with Crippen LogP contribution >= 0.6 is 11.8 Å². The van der Waals surface area contributed by atoms with Crippen LogP contribution in [-0.4, -0.2) is 39.1 Å². The van der Waals surface area contributed by atoms with Crippen molar-refractivity contribution < 1.29 is 23.8 Å². The Morgan fingerprint density at radius 1 is 1.15 bits per heavy atom. The van der Waals surface area contributed by atoms with Gasteiger partial charge in [-0.25, -0.2) is 4.79 Å². The molecule has 0 unspecified atom stereocenters. The van der Waals surface area contributed by atoms with Crippen molar-refractivity contribution in [2.24, 2.45) is 5.92 Å². The van der Waals surface area contributed by atoms with Crippen molar-refractivity contribution in [3.05, 3.63) is 58.6 Å². The van der Waals surface area contributed by atoms with Crippen LogP contribution in [0.3, 0.4) is 0 Å². The highest BCUT2D eigenvalue weighted by atomic mass is 32.2. The van der Waals surface area contributed by atoms with E-state index >= 15 is 0 Å². The lowest BCUT2D eigenvalue weighted by Gasteiger charge is -2.15. The number of ether oxygens (including phenoxy) is 3. The number of thioether (sulfide) groups is 1. The maximum absolute atomic E-state index is 12.7. The maximum atomic E-state index is 12.7. The molecule has 2 aromatic rings. The molecule has 0 N–H and O–H groups in total. The molecule has 1 heterocycles. The van der Waals surface area contributed by atoms with Crippen molar-refractivity contribution in [1.29, 1.82) is 5.26 Å².